The maximum absolute atomic E-state index is 15.0. The quantitative estimate of drug-likeness (QED) is 0.265. The van der Waals surface area contributed by atoms with Gasteiger partial charge in [-0.25, -0.2) is 12.8 Å². The number of likely N-dealkylation sites (tertiary alicyclic amines) is 1. The van der Waals surface area contributed by atoms with E-state index in [1.54, 1.807) is 35.2 Å². The van der Waals surface area contributed by atoms with Crippen molar-refractivity contribution in [2.75, 3.05) is 43.8 Å². The number of nitrogens with zero attached hydrogens (tertiary/aromatic N) is 1. The number of benzene rings is 3. The van der Waals surface area contributed by atoms with Crippen molar-refractivity contribution in [3.63, 3.8) is 0 Å². The number of ether oxygens (including phenoxy) is 3. The molecule has 3 aromatic rings. The SMILES string of the molecule is CCc1cc(Cl)cc(CC)c1NC(=O)CN1C[C@H](c2cc(F)c3c(c2)OCO3)C(C(=O)O)[C@@H]1c1ccc(OCCS(C)(=O)=O)cc1. The molecule has 2 aliphatic rings. The van der Waals surface area contributed by atoms with Crippen molar-refractivity contribution in [2.24, 2.45) is 5.92 Å². The van der Waals surface area contributed by atoms with E-state index in [-0.39, 0.29) is 49.6 Å². The molecule has 3 aromatic carbocycles. The van der Waals surface area contributed by atoms with Crippen LogP contribution < -0.4 is 19.5 Å². The molecule has 2 heterocycles. The fourth-order valence-corrected chi connectivity index (χ4v) is 6.86. The molecule has 0 aliphatic carbocycles. The van der Waals surface area contributed by atoms with Gasteiger partial charge in [-0.3, -0.25) is 14.5 Å². The molecule has 3 atom stereocenters. The van der Waals surface area contributed by atoms with E-state index in [2.05, 4.69) is 5.32 Å². The number of nitrogens with one attached hydrogen (secondary N) is 1. The van der Waals surface area contributed by atoms with Crippen LogP contribution in [0.3, 0.4) is 0 Å². The van der Waals surface area contributed by atoms with Crippen LogP contribution in [0, 0.1) is 11.7 Å². The van der Waals surface area contributed by atoms with Crippen molar-refractivity contribution in [1.29, 1.82) is 0 Å². The monoisotopic (exact) mass is 674 g/mol. The second kappa shape index (κ2) is 13.9. The highest BCUT2D eigenvalue weighted by molar-refractivity contribution is 7.90. The van der Waals surface area contributed by atoms with Gasteiger partial charge >= 0.3 is 5.97 Å². The highest BCUT2D eigenvalue weighted by atomic mass is 35.5. The number of hydrogen-bond donors (Lipinski definition) is 2. The van der Waals surface area contributed by atoms with Gasteiger partial charge < -0.3 is 24.6 Å². The Balaban J connectivity index is 1.48. The molecule has 1 amide bonds. The Morgan fingerprint density at radius 3 is 2.35 bits per heavy atom. The number of sulfone groups is 1. The number of carbonyl (C=O) groups excluding carboxylic acids is 1. The van der Waals surface area contributed by atoms with Gasteiger partial charge in [0, 0.05) is 35.5 Å². The third kappa shape index (κ3) is 7.40. The van der Waals surface area contributed by atoms with E-state index in [1.807, 2.05) is 26.0 Å². The van der Waals surface area contributed by atoms with Gasteiger partial charge in [-0.05, 0) is 71.5 Å². The highest BCUT2D eigenvalue weighted by Gasteiger charge is 2.48. The second-order valence-electron chi connectivity index (χ2n) is 11.5. The molecule has 10 nitrogen and oxygen atoms in total. The van der Waals surface area contributed by atoms with Gasteiger partial charge in [-0.15, -0.1) is 0 Å². The fourth-order valence-electron chi connectivity index (χ4n) is 6.21. The number of anilines is 1. The van der Waals surface area contributed by atoms with Crippen molar-refractivity contribution in [2.45, 2.75) is 38.6 Å². The van der Waals surface area contributed by atoms with Crippen molar-refractivity contribution < 1.29 is 41.7 Å². The minimum absolute atomic E-state index is 0.0192. The second-order valence-corrected chi connectivity index (χ2v) is 14.2. The maximum atomic E-state index is 15.0. The summed E-state index contributed by atoms with van der Waals surface area (Å²) in [4.78, 5) is 28.4. The van der Waals surface area contributed by atoms with Gasteiger partial charge in [0.05, 0.1) is 18.2 Å². The van der Waals surface area contributed by atoms with Crippen LogP contribution in [0.15, 0.2) is 48.5 Å². The molecule has 0 aromatic heterocycles. The normalized spacial score (nSPS) is 19.3. The van der Waals surface area contributed by atoms with E-state index in [9.17, 15) is 23.1 Å². The Kier molecular flexibility index (Phi) is 10.1. The van der Waals surface area contributed by atoms with Crippen LogP contribution in [0.1, 0.15) is 48.1 Å². The number of aryl methyl sites for hydroxylation is 2. The van der Waals surface area contributed by atoms with E-state index in [1.165, 1.54) is 6.07 Å². The van der Waals surface area contributed by atoms with Crippen LogP contribution in [-0.2, 0) is 32.3 Å². The maximum Gasteiger partial charge on any atom is 0.309 e. The summed E-state index contributed by atoms with van der Waals surface area (Å²) < 4.78 is 54.2. The van der Waals surface area contributed by atoms with Crippen LogP contribution >= 0.6 is 11.6 Å². The van der Waals surface area contributed by atoms with E-state index >= 15 is 4.39 Å². The van der Waals surface area contributed by atoms with E-state index in [0.717, 1.165) is 17.4 Å². The minimum Gasteiger partial charge on any atom is -0.493 e. The Labute approximate surface area is 272 Å². The van der Waals surface area contributed by atoms with E-state index in [0.29, 0.717) is 40.4 Å². The summed E-state index contributed by atoms with van der Waals surface area (Å²) in [6.07, 6.45) is 2.41. The van der Waals surface area contributed by atoms with Crippen LogP contribution in [0.2, 0.25) is 5.02 Å². The molecule has 246 valence electrons. The molecule has 46 heavy (non-hydrogen) atoms. The first-order valence-electron chi connectivity index (χ1n) is 15.0. The van der Waals surface area contributed by atoms with Crippen LogP contribution in [0.25, 0.3) is 0 Å². The molecular formula is C33H36ClFN2O8S. The molecule has 2 N–H and O–H groups in total. The lowest BCUT2D eigenvalue weighted by Crippen LogP contribution is -2.35. The van der Waals surface area contributed by atoms with Gasteiger partial charge in [-0.1, -0.05) is 37.6 Å². The summed E-state index contributed by atoms with van der Waals surface area (Å²) in [5, 5.41) is 14.2. The number of amides is 1. The smallest absolute Gasteiger partial charge is 0.309 e. The van der Waals surface area contributed by atoms with Gasteiger partial charge in [0.2, 0.25) is 18.4 Å². The number of carbonyl (C=O) groups is 2. The summed E-state index contributed by atoms with van der Waals surface area (Å²) in [5.74, 6) is -3.41. The molecule has 0 saturated carbocycles. The first-order valence-corrected chi connectivity index (χ1v) is 17.4. The molecule has 0 bridgehead atoms. The highest BCUT2D eigenvalue weighted by Crippen LogP contribution is 2.48. The molecule has 1 fully saturated rings. The van der Waals surface area contributed by atoms with Crippen molar-refractivity contribution in [3.05, 3.63) is 81.6 Å². The van der Waals surface area contributed by atoms with Crippen molar-refractivity contribution in [3.8, 4) is 17.2 Å². The molecule has 1 unspecified atom stereocenters. The minimum atomic E-state index is -3.21. The summed E-state index contributed by atoms with van der Waals surface area (Å²) in [6.45, 7) is 3.77. The number of carboxylic acids is 1. The molecule has 0 radical (unpaired) electrons. The average Bonchev–Trinajstić information content (AvgIpc) is 3.63. The van der Waals surface area contributed by atoms with Gasteiger partial charge in [-0.2, -0.15) is 0 Å². The lowest BCUT2D eigenvalue weighted by molar-refractivity contribution is -0.143. The first-order chi connectivity index (χ1) is 21.9. The molecule has 13 heteroatoms. The lowest BCUT2D eigenvalue weighted by atomic mass is 9.82. The molecule has 0 spiro atoms. The predicted molar refractivity (Wildman–Crippen MR) is 171 cm³/mol. The summed E-state index contributed by atoms with van der Waals surface area (Å²) in [6, 6.07) is 12.4. The predicted octanol–water partition coefficient (Wildman–Crippen LogP) is 5.24. The number of rotatable bonds is 12. The van der Waals surface area contributed by atoms with Crippen molar-refractivity contribution in [1.82, 2.24) is 4.90 Å². The zero-order valence-electron chi connectivity index (χ0n) is 25.7. The largest absolute Gasteiger partial charge is 0.493 e. The Hall–Kier alpha value is -3.87. The third-order valence-electron chi connectivity index (χ3n) is 8.34. The standard InChI is InChI=1S/C33H36ClFN2O8S/c1-4-19-12-23(34)13-20(5-2)30(19)36-28(38)17-37-16-25(22-14-26(35)32-27(15-22)44-18-45-32)29(33(39)40)31(37)21-6-8-24(9-7-21)43-10-11-46(3,41)42/h6-9,12-15,25,29,31H,4-5,10-11,16-18H2,1-3H3,(H,36,38)(H,39,40)/t25-,29?,31+/m1/s1. The van der Waals surface area contributed by atoms with Gasteiger partial charge in [0.15, 0.2) is 21.4 Å². The number of carboxylic acid groups (broad SMARTS) is 1. The first kappa shape index (κ1) is 33.5. The number of hydrogen-bond acceptors (Lipinski definition) is 8. The van der Waals surface area contributed by atoms with Crippen molar-refractivity contribution >= 4 is 39.0 Å². The lowest BCUT2D eigenvalue weighted by Gasteiger charge is -2.27. The number of halogens is 2. The van der Waals surface area contributed by atoms with Crippen LogP contribution in [0.4, 0.5) is 10.1 Å². The molecule has 1 saturated heterocycles. The van der Waals surface area contributed by atoms with Gasteiger partial charge in [0.1, 0.15) is 12.4 Å². The van der Waals surface area contributed by atoms with Crippen LogP contribution in [-0.4, -0.2) is 68.8 Å². The Morgan fingerprint density at radius 1 is 1.07 bits per heavy atom. The average molecular weight is 675 g/mol. The Morgan fingerprint density at radius 2 is 1.74 bits per heavy atom. The summed E-state index contributed by atoms with van der Waals surface area (Å²) in [7, 11) is -3.21. The molecular weight excluding hydrogens is 639 g/mol. The number of aliphatic carboxylic acids is 1. The molecule has 2 aliphatic heterocycles. The fraction of sp³-hybridized carbons (Fsp3) is 0.394. The summed E-state index contributed by atoms with van der Waals surface area (Å²) >= 11 is 6.31. The third-order valence-corrected chi connectivity index (χ3v) is 9.47. The molecule has 5 rings (SSSR count). The zero-order chi connectivity index (χ0) is 33.2. The van der Waals surface area contributed by atoms with E-state index < -0.39 is 39.5 Å². The topological polar surface area (TPSA) is 131 Å². The number of fused-ring (bicyclic) bond motifs is 1. The van der Waals surface area contributed by atoms with E-state index in [4.69, 9.17) is 25.8 Å². The van der Waals surface area contributed by atoms with Crippen LogP contribution in [0.5, 0.6) is 17.2 Å². The summed E-state index contributed by atoms with van der Waals surface area (Å²) in [5.41, 5.74) is 3.49. The Bertz CT molecular complexity index is 1710. The van der Waals surface area contributed by atoms with Gasteiger partial charge in [0.25, 0.3) is 0 Å². The zero-order valence-corrected chi connectivity index (χ0v) is 27.3.